The van der Waals surface area contributed by atoms with Gasteiger partial charge in [-0.05, 0) is 6.92 Å². The molecule has 0 radical (unpaired) electrons. The van der Waals surface area contributed by atoms with E-state index in [1.54, 1.807) is 0 Å². The zero-order valence-electron chi connectivity index (χ0n) is 9.53. The standard InChI is InChI=1S/C13H15NO2/c1-3-11-13(14-12(8-15)16-11)10-6-4-9(2)5-7-10/h4-7,15H,3,8H2,1-2H3. The molecule has 0 unspecified atom stereocenters. The fourth-order valence-electron chi connectivity index (χ4n) is 1.64. The molecular weight excluding hydrogens is 202 g/mol. The fourth-order valence-corrected chi connectivity index (χ4v) is 1.64. The van der Waals surface area contributed by atoms with Crippen molar-refractivity contribution >= 4 is 0 Å². The molecular formula is C13H15NO2. The Hall–Kier alpha value is -1.61. The van der Waals surface area contributed by atoms with E-state index in [4.69, 9.17) is 9.52 Å². The lowest BCUT2D eigenvalue weighted by atomic mass is 10.1. The van der Waals surface area contributed by atoms with Gasteiger partial charge in [0.15, 0.2) is 0 Å². The molecule has 0 aliphatic carbocycles. The van der Waals surface area contributed by atoms with Gasteiger partial charge in [-0.3, -0.25) is 0 Å². The van der Waals surface area contributed by atoms with Gasteiger partial charge < -0.3 is 9.52 Å². The summed E-state index contributed by atoms with van der Waals surface area (Å²) in [5.41, 5.74) is 3.09. The van der Waals surface area contributed by atoms with Crippen LogP contribution in [0.3, 0.4) is 0 Å². The molecule has 1 N–H and O–H groups in total. The Morgan fingerprint density at radius 2 is 1.94 bits per heavy atom. The summed E-state index contributed by atoms with van der Waals surface area (Å²) in [6.07, 6.45) is 0.774. The van der Waals surface area contributed by atoms with E-state index in [1.165, 1.54) is 5.56 Å². The summed E-state index contributed by atoms with van der Waals surface area (Å²) < 4.78 is 5.44. The van der Waals surface area contributed by atoms with Gasteiger partial charge in [0.1, 0.15) is 18.1 Å². The van der Waals surface area contributed by atoms with Gasteiger partial charge in [0.25, 0.3) is 0 Å². The van der Waals surface area contributed by atoms with Crippen LogP contribution in [0.25, 0.3) is 11.3 Å². The maximum Gasteiger partial charge on any atom is 0.220 e. The van der Waals surface area contributed by atoms with E-state index in [0.29, 0.717) is 5.89 Å². The third-order valence-corrected chi connectivity index (χ3v) is 2.52. The Morgan fingerprint density at radius 3 is 2.50 bits per heavy atom. The van der Waals surface area contributed by atoms with Crippen molar-refractivity contribution in [3.63, 3.8) is 0 Å². The molecule has 0 amide bonds. The predicted molar refractivity (Wildman–Crippen MR) is 62.0 cm³/mol. The minimum atomic E-state index is -0.154. The Balaban J connectivity index is 2.45. The quantitative estimate of drug-likeness (QED) is 0.859. The number of hydrogen-bond donors (Lipinski definition) is 1. The molecule has 0 saturated carbocycles. The Kier molecular flexibility index (Phi) is 3.06. The first-order chi connectivity index (χ1) is 7.74. The summed E-state index contributed by atoms with van der Waals surface area (Å²) in [7, 11) is 0. The number of nitrogens with zero attached hydrogens (tertiary/aromatic N) is 1. The molecule has 2 aromatic rings. The number of aliphatic hydroxyl groups excluding tert-OH is 1. The Bertz CT molecular complexity index is 471. The molecule has 2 rings (SSSR count). The van der Waals surface area contributed by atoms with Crippen LogP contribution in [0.5, 0.6) is 0 Å². The van der Waals surface area contributed by atoms with Crippen LogP contribution in [0.15, 0.2) is 28.7 Å². The van der Waals surface area contributed by atoms with Crippen molar-refractivity contribution in [2.45, 2.75) is 26.9 Å². The second kappa shape index (κ2) is 4.49. The van der Waals surface area contributed by atoms with Crippen LogP contribution < -0.4 is 0 Å². The average Bonchev–Trinajstić information content (AvgIpc) is 2.73. The monoisotopic (exact) mass is 217 g/mol. The maximum absolute atomic E-state index is 9.01. The van der Waals surface area contributed by atoms with Gasteiger partial charge in [-0.2, -0.15) is 0 Å². The zero-order valence-corrected chi connectivity index (χ0v) is 9.53. The van der Waals surface area contributed by atoms with Crippen LogP contribution in [-0.2, 0) is 13.0 Å². The van der Waals surface area contributed by atoms with Crippen LogP contribution in [-0.4, -0.2) is 10.1 Å². The third kappa shape index (κ3) is 1.99. The van der Waals surface area contributed by atoms with Crippen molar-refractivity contribution in [3.8, 4) is 11.3 Å². The van der Waals surface area contributed by atoms with Crippen molar-refractivity contribution < 1.29 is 9.52 Å². The average molecular weight is 217 g/mol. The van der Waals surface area contributed by atoms with Gasteiger partial charge in [0, 0.05) is 12.0 Å². The second-order valence-corrected chi connectivity index (χ2v) is 3.76. The van der Waals surface area contributed by atoms with E-state index < -0.39 is 0 Å². The number of oxazole rings is 1. The van der Waals surface area contributed by atoms with Crippen molar-refractivity contribution in [1.29, 1.82) is 0 Å². The highest BCUT2D eigenvalue weighted by atomic mass is 16.4. The molecule has 0 fully saturated rings. The SMILES string of the molecule is CCc1oc(CO)nc1-c1ccc(C)cc1. The molecule has 3 nitrogen and oxygen atoms in total. The largest absolute Gasteiger partial charge is 0.443 e. The highest BCUT2D eigenvalue weighted by molar-refractivity contribution is 5.61. The molecule has 0 bridgehead atoms. The van der Waals surface area contributed by atoms with Gasteiger partial charge in [-0.1, -0.05) is 36.8 Å². The topological polar surface area (TPSA) is 46.3 Å². The summed E-state index contributed by atoms with van der Waals surface area (Å²) in [5.74, 6) is 1.21. The van der Waals surface area contributed by atoms with E-state index in [1.807, 2.05) is 38.1 Å². The van der Waals surface area contributed by atoms with E-state index >= 15 is 0 Å². The molecule has 1 aromatic heterocycles. The van der Waals surface area contributed by atoms with E-state index in [0.717, 1.165) is 23.4 Å². The summed E-state index contributed by atoms with van der Waals surface area (Å²) in [6, 6.07) is 8.13. The van der Waals surface area contributed by atoms with Gasteiger partial charge >= 0.3 is 0 Å². The normalized spacial score (nSPS) is 10.7. The van der Waals surface area contributed by atoms with Crippen LogP contribution >= 0.6 is 0 Å². The summed E-state index contributed by atoms with van der Waals surface area (Å²) >= 11 is 0. The first-order valence-corrected chi connectivity index (χ1v) is 5.41. The Morgan fingerprint density at radius 1 is 1.25 bits per heavy atom. The maximum atomic E-state index is 9.01. The highest BCUT2D eigenvalue weighted by Crippen LogP contribution is 2.24. The lowest BCUT2D eigenvalue weighted by molar-refractivity contribution is 0.237. The lowest BCUT2D eigenvalue weighted by Crippen LogP contribution is -1.85. The smallest absolute Gasteiger partial charge is 0.220 e. The summed E-state index contributed by atoms with van der Waals surface area (Å²) in [6.45, 7) is 3.91. The first kappa shape index (κ1) is 10.9. The number of rotatable bonds is 3. The van der Waals surface area contributed by atoms with E-state index in [2.05, 4.69) is 4.98 Å². The third-order valence-electron chi connectivity index (χ3n) is 2.52. The van der Waals surface area contributed by atoms with E-state index in [-0.39, 0.29) is 6.61 Å². The van der Waals surface area contributed by atoms with Gasteiger partial charge in [0.2, 0.25) is 5.89 Å². The van der Waals surface area contributed by atoms with Crippen LogP contribution in [0.1, 0.15) is 24.1 Å². The summed E-state index contributed by atoms with van der Waals surface area (Å²) in [5, 5.41) is 9.01. The molecule has 3 heteroatoms. The number of benzene rings is 1. The van der Waals surface area contributed by atoms with Crippen molar-refractivity contribution in [1.82, 2.24) is 4.98 Å². The van der Waals surface area contributed by atoms with Gasteiger partial charge in [-0.25, -0.2) is 4.98 Å². The molecule has 0 atom stereocenters. The van der Waals surface area contributed by atoms with Crippen molar-refractivity contribution in [2.24, 2.45) is 0 Å². The molecule has 0 aliphatic rings. The van der Waals surface area contributed by atoms with E-state index in [9.17, 15) is 0 Å². The Labute approximate surface area is 94.8 Å². The first-order valence-electron chi connectivity index (χ1n) is 5.41. The minimum absolute atomic E-state index is 0.154. The molecule has 0 aliphatic heterocycles. The minimum Gasteiger partial charge on any atom is -0.443 e. The number of hydrogen-bond acceptors (Lipinski definition) is 3. The van der Waals surface area contributed by atoms with Crippen LogP contribution in [0.4, 0.5) is 0 Å². The molecule has 0 spiro atoms. The number of aromatic nitrogens is 1. The molecule has 1 heterocycles. The van der Waals surface area contributed by atoms with Crippen LogP contribution in [0, 0.1) is 6.92 Å². The number of aryl methyl sites for hydroxylation is 2. The highest BCUT2D eigenvalue weighted by Gasteiger charge is 2.12. The summed E-state index contributed by atoms with van der Waals surface area (Å²) in [4.78, 5) is 4.28. The van der Waals surface area contributed by atoms with Gasteiger partial charge in [0.05, 0.1) is 0 Å². The molecule has 1 aromatic carbocycles. The van der Waals surface area contributed by atoms with Gasteiger partial charge in [-0.15, -0.1) is 0 Å². The van der Waals surface area contributed by atoms with Crippen molar-refractivity contribution in [2.75, 3.05) is 0 Å². The molecule has 0 saturated heterocycles. The lowest BCUT2D eigenvalue weighted by Gasteiger charge is -1.99. The zero-order chi connectivity index (χ0) is 11.5. The predicted octanol–water partition coefficient (Wildman–Crippen LogP) is 2.70. The van der Waals surface area contributed by atoms with Crippen molar-refractivity contribution in [3.05, 3.63) is 41.5 Å². The number of aliphatic hydroxyl groups is 1. The fraction of sp³-hybridized carbons (Fsp3) is 0.308. The molecule has 16 heavy (non-hydrogen) atoms. The van der Waals surface area contributed by atoms with Crippen LogP contribution in [0.2, 0.25) is 0 Å². The molecule has 84 valence electrons. The second-order valence-electron chi connectivity index (χ2n) is 3.76.